The first-order chi connectivity index (χ1) is 57.4. The van der Waals surface area contributed by atoms with Gasteiger partial charge in [-0.05, 0) is 273 Å². The van der Waals surface area contributed by atoms with Crippen LogP contribution in [0.5, 0.6) is 0 Å². The van der Waals surface area contributed by atoms with Crippen molar-refractivity contribution in [3.63, 3.8) is 0 Å². The van der Waals surface area contributed by atoms with E-state index >= 15 is 0 Å². The Kier molecular flexibility index (Phi) is 32.3. The first kappa shape index (κ1) is 90.3. The number of hydrogen-bond donors (Lipinski definition) is 0. The Bertz CT molecular complexity index is 4220. The molecule has 3 aliphatic rings. The van der Waals surface area contributed by atoms with Gasteiger partial charge in [-0.1, -0.05) is 432 Å². The second kappa shape index (κ2) is 42.2. The molecular formula is C117H159B. The minimum Gasteiger partial charge on any atom is -0.0654 e. The molecule has 0 N–H and O–H groups in total. The summed E-state index contributed by atoms with van der Waals surface area (Å²) in [5, 5.41) is 0. The Morgan fingerprint density at radius 1 is 0.186 bits per heavy atom. The third-order valence-corrected chi connectivity index (χ3v) is 31.3. The second-order valence-corrected chi connectivity index (χ2v) is 38.6. The van der Waals surface area contributed by atoms with E-state index < -0.39 is 0 Å². The molecule has 0 radical (unpaired) electrons. The van der Waals surface area contributed by atoms with Crippen molar-refractivity contribution in [2.45, 2.75) is 411 Å². The lowest BCUT2D eigenvalue weighted by Gasteiger charge is -2.34. The fourth-order valence-corrected chi connectivity index (χ4v) is 24.1. The predicted octanol–water partition coefficient (Wildman–Crippen LogP) is 34.2. The Morgan fingerprint density at radius 3 is 0.568 bits per heavy atom. The molecule has 0 aliphatic heterocycles. The summed E-state index contributed by atoms with van der Waals surface area (Å²) >= 11 is 0. The molecule has 0 fully saturated rings. The number of benzene rings is 9. The smallest absolute Gasteiger partial charge is 0.0654 e. The molecule has 1 heteroatoms. The molecule has 0 amide bonds. The minimum atomic E-state index is -0.0187. The predicted molar refractivity (Wildman–Crippen MR) is 524 cm³/mol. The van der Waals surface area contributed by atoms with Crippen LogP contribution < -0.4 is 16.4 Å². The summed E-state index contributed by atoms with van der Waals surface area (Å²) in [5.41, 5.74) is 48.9. The number of fused-ring (bicyclic) bond motifs is 9. The van der Waals surface area contributed by atoms with Crippen molar-refractivity contribution in [2.75, 3.05) is 0 Å². The SMILES string of the molecule is CCCCCCCCC1(CCCCCCCC)c2ccccc2-c2ccc(-c3c(C)c(C)c(B(c4c(C)c(C)c(-c5ccc6c(c5)C(CCCCCCCC)(CCCCCCCC)c5ccccc5-6)c(C)c4C)c4c(C)c(C)c(-c5ccc6c(c5)C(CCCCCCCC)(CCCCCCCC)c5ccccc5-6)c(C)c4C)c(C)c3C)cc21. The van der Waals surface area contributed by atoms with Gasteiger partial charge in [0.1, 0.15) is 0 Å². The molecule has 118 heavy (non-hydrogen) atoms. The van der Waals surface area contributed by atoms with Crippen LogP contribution in [0.4, 0.5) is 0 Å². The molecule has 0 spiro atoms. The lowest BCUT2D eigenvalue weighted by Crippen LogP contribution is -2.58. The van der Waals surface area contributed by atoms with E-state index in [1.54, 1.807) is 33.4 Å². The Balaban J connectivity index is 1.04. The topological polar surface area (TPSA) is 0 Å². The zero-order valence-electron chi connectivity index (χ0n) is 78.4. The summed E-state index contributed by atoms with van der Waals surface area (Å²) in [7, 11) is 0. The van der Waals surface area contributed by atoms with E-state index in [2.05, 4.69) is 252 Å². The molecule has 0 unspecified atom stereocenters. The monoisotopic (exact) mass is 1580 g/mol. The molecule has 0 bridgehead atoms. The summed E-state index contributed by atoms with van der Waals surface area (Å²) < 4.78 is 0. The van der Waals surface area contributed by atoms with Gasteiger partial charge in [0.25, 0.3) is 0 Å². The van der Waals surface area contributed by atoms with E-state index in [0.717, 1.165) is 0 Å². The Morgan fingerprint density at radius 2 is 0.364 bits per heavy atom. The largest absolute Gasteiger partial charge is 0.243 e. The zero-order valence-corrected chi connectivity index (χ0v) is 78.4. The average molecular weight is 1580 g/mol. The van der Waals surface area contributed by atoms with Crippen molar-refractivity contribution < 1.29 is 0 Å². The van der Waals surface area contributed by atoms with Crippen LogP contribution in [-0.2, 0) is 16.2 Å². The van der Waals surface area contributed by atoms with Gasteiger partial charge in [0.05, 0.1) is 0 Å². The quantitative estimate of drug-likeness (QED) is 0.0263. The zero-order chi connectivity index (χ0) is 83.7. The van der Waals surface area contributed by atoms with E-state index in [9.17, 15) is 0 Å². The van der Waals surface area contributed by atoms with Crippen LogP contribution in [0.2, 0.25) is 0 Å². The van der Waals surface area contributed by atoms with Gasteiger partial charge in [0.2, 0.25) is 6.71 Å². The van der Waals surface area contributed by atoms with Crippen LogP contribution in [0.1, 0.15) is 411 Å². The molecule has 3 aliphatic carbocycles. The van der Waals surface area contributed by atoms with E-state index in [1.807, 2.05) is 0 Å². The lowest BCUT2D eigenvalue weighted by molar-refractivity contribution is 0.398. The van der Waals surface area contributed by atoms with Gasteiger partial charge in [-0.25, -0.2) is 0 Å². The van der Waals surface area contributed by atoms with E-state index in [-0.39, 0.29) is 23.0 Å². The van der Waals surface area contributed by atoms with Crippen molar-refractivity contribution >= 4 is 23.1 Å². The maximum absolute atomic E-state index is 2.75. The van der Waals surface area contributed by atoms with Crippen LogP contribution >= 0.6 is 0 Å². The van der Waals surface area contributed by atoms with Crippen LogP contribution in [0.25, 0.3) is 66.8 Å². The molecule has 0 saturated carbocycles. The van der Waals surface area contributed by atoms with Crippen LogP contribution in [0, 0.1) is 83.1 Å². The summed E-state index contributed by atoms with van der Waals surface area (Å²) in [6.07, 6.45) is 55.0. The second-order valence-electron chi connectivity index (χ2n) is 38.6. The molecule has 0 nitrogen and oxygen atoms in total. The Labute approximate surface area is 723 Å². The summed E-state index contributed by atoms with van der Waals surface area (Å²) in [6, 6.07) is 52.6. The fourth-order valence-electron chi connectivity index (χ4n) is 24.1. The van der Waals surface area contributed by atoms with Gasteiger partial charge >= 0.3 is 0 Å². The van der Waals surface area contributed by atoms with Gasteiger partial charge in [-0.15, -0.1) is 0 Å². The normalized spacial score (nSPS) is 13.8. The molecular weight excluding hydrogens is 1420 g/mol. The first-order valence-corrected chi connectivity index (χ1v) is 49.4. The molecule has 0 aromatic heterocycles. The van der Waals surface area contributed by atoms with E-state index in [0.29, 0.717) is 0 Å². The molecule has 9 aromatic rings. The van der Waals surface area contributed by atoms with Crippen molar-refractivity contribution in [1.82, 2.24) is 0 Å². The van der Waals surface area contributed by atoms with Crippen molar-refractivity contribution in [1.29, 1.82) is 0 Å². The van der Waals surface area contributed by atoms with Gasteiger partial charge in [-0.2, -0.15) is 0 Å². The molecule has 630 valence electrons. The highest BCUT2D eigenvalue weighted by Gasteiger charge is 2.47. The highest BCUT2D eigenvalue weighted by Crippen LogP contribution is 2.59. The van der Waals surface area contributed by atoms with E-state index in [4.69, 9.17) is 0 Å². The molecule has 0 saturated heterocycles. The Hall–Kier alpha value is -6.96. The van der Waals surface area contributed by atoms with Crippen molar-refractivity contribution in [3.8, 4) is 66.8 Å². The van der Waals surface area contributed by atoms with Crippen LogP contribution in [-0.4, -0.2) is 6.71 Å². The van der Waals surface area contributed by atoms with Crippen LogP contribution in [0.15, 0.2) is 127 Å². The summed E-state index contributed by atoms with van der Waals surface area (Å²) in [5.74, 6) is 0. The van der Waals surface area contributed by atoms with Crippen molar-refractivity contribution in [2.24, 2.45) is 0 Å². The van der Waals surface area contributed by atoms with Gasteiger partial charge in [0, 0.05) is 16.2 Å². The molecule has 0 heterocycles. The van der Waals surface area contributed by atoms with Gasteiger partial charge in [0.15, 0.2) is 0 Å². The number of unbranched alkanes of at least 4 members (excludes halogenated alkanes) is 30. The number of hydrogen-bond acceptors (Lipinski definition) is 0. The van der Waals surface area contributed by atoms with Crippen LogP contribution in [0.3, 0.4) is 0 Å². The average Bonchev–Trinajstić information content (AvgIpc) is 1.56. The van der Waals surface area contributed by atoms with Gasteiger partial charge < -0.3 is 0 Å². The number of rotatable bonds is 48. The third-order valence-electron chi connectivity index (χ3n) is 31.3. The highest BCUT2D eigenvalue weighted by molar-refractivity contribution is 6.97. The minimum absolute atomic E-state index is 0.00625. The summed E-state index contributed by atoms with van der Waals surface area (Å²) in [4.78, 5) is 0. The maximum atomic E-state index is 2.75. The lowest BCUT2D eigenvalue weighted by atomic mass is 9.32. The highest BCUT2D eigenvalue weighted by atomic mass is 14.5. The fraction of sp³-hybridized carbons (Fsp3) is 0.538. The van der Waals surface area contributed by atoms with Gasteiger partial charge in [-0.3, -0.25) is 0 Å². The summed E-state index contributed by atoms with van der Waals surface area (Å²) in [6.45, 7) is 44.5. The third kappa shape index (κ3) is 18.4. The van der Waals surface area contributed by atoms with Crippen molar-refractivity contribution in [3.05, 3.63) is 228 Å². The molecule has 0 atom stereocenters. The maximum Gasteiger partial charge on any atom is 0.243 e. The first-order valence-electron chi connectivity index (χ1n) is 49.4. The standard InChI is InChI=1S/C117H159B/c1-19-25-31-37-43-55-73-115(74-56-44-38-32-26-20-2)103-64-52-49-61-97(103)100-70-67-94(79-106(100)115)109-82(7)88(13)112(89(14)83(109)8)118(113-90(15)84(9)110(85(10)91(113)16)95-68-71-101-98-62-50-53-65-104(98)116(107(101)80-95,75-57-45-39-33-27-21-3)76-58-46-40-34-28-22-4)114-92(17)86(11)111(87(12)93(114)18)96-69-72-102-99-63-51-54-66-105(99)117(108(102)81-96,77-59-47-41-35-29-23-5)78-60-48-42-36-30-24-6/h49-54,61-72,79-81H,19-48,55-60,73-78H2,1-18H3. The van der Waals surface area contributed by atoms with E-state index in [1.165, 1.54) is 420 Å². The molecule has 12 rings (SSSR count). The molecule has 9 aromatic carbocycles.